The van der Waals surface area contributed by atoms with Crippen LogP contribution in [0.2, 0.25) is 0 Å². The summed E-state index contributed by atoms with van der Waals surface area (Å²) in [6.45, 7) is 3.84. The van der Waals surface area contributed by atoms with Gasteiger partial charge in [-0.25, -0.2) is 4.79 Å². The van der Waals surface area contributed by atoms with E-state index in [0.29, 0.717) is 17.6 Å². The summed E-state index contributed by atoms with van der Waals surface area (Å²) in [5.74, 6) is -0.290. The molecule has 1 fully saturated rings. The first-order valence-electron chi connectivity index (χ1n) is 6.31. The SMILES string of the molecule is C=C[C@@H]1CCC[C@H](c2ccc(C(=O)OC)cc2)N1. The van der Waals surface area contributed by atoms with Gasteiger partial charge < -0.3 is 10.1 Å². The Bertz CT molecular complexity index is 425. The fraction of sp³-hybridized carbons (Fsp3) is 0.400. The lowest BCUT2D eigenvalue weighted by Crippen LogP contribution is -2.35. The number of ether oxygens (including phenoxy) is 1. The van der Waals surface area contributed by atoms with Crippen molar-refractivity contribution < 1.29 is 9.53 Å². The molecule has 0 saturated carbocycles. The van der Waals surface area contributed by atoms with Crippen LogP contribution in [0.25, 0.3) is 0 Å². The van der Waals surface area contributed by atoms with Crippen LogP contribution in [0, 0.1) is 0 Å². The number of piperidine rings is 1. The molecule has 1 aromatic rings. The van der Waals surface area contributed by atoms with Gasteiger partial charge in [0.15, 0.2) is 0 Å². The Hall–Kier alpha value is -1.61. The summed E-state index contributed by atoms with van der Waals surface area (Å²) in [6, 6.07) is 8.38. The van der Waals surface area contributed by atoms with Crippen molar-refractivity contribution in [1.82, 2.24) is 5.32 Å². The van der Waals surface area contributed by atoms with Crippen LogP contribution in [-0.2, 0) is 4.74 Å². The molecule has 3 heteroatoms. The Morgan fingerprint density at radius 2 is 2.11 bits per heavy atom. The molecule has 0 bridgehead atoms. The maximum absolute atomic E-state index is 11.3. The lowest BCUT2D eigenvalue weighted by atomic mass is 9.93. The molecular weight excluding hydrogens is 226 g/mol. The second kappa shape index (κ2) is 5.83. The number of methoxy groups -OCH3 is 1. The third kappa shape index (κ3) is 2.79. The molecule has 0 aliphatic carbocycles. The molecule has 18 heavy (non-hydrogen) atoms. The molecule has 0 aromatic heterocycles. The Morgan fingerprint density at radius 1 is 1.39 bits per heavy atom. The van der Waals surface area contributed by atoms with E-state index in [1.165, 1.54) is 19.1 Å². The van der Waals surface area contributed by atoms with Crippen LogP contribution in [0.5, 0.6) is 0 Å². The number of carbonyl (C=O) groups excluding carboxylic acids is 1. The molecule has 0 radical (unpaired) electrons. The van der Waals surface area contributed by atoms with Crippen molar-refractivity contribution in [3.63, 3.8) is 0 Å². The number of hydrogen-bond acceptors (Lipinski definition) is 3. The van der Waals surface area contributed by atoms with Gasteiger partial charge in [0.05, 0.1) is 12.7 Å². The smallest absolute Gasteiger partial charge is 0.337 e. The largest absolute Gasteiger partial charge is 0.465 e. The van der Waals surface area contributed by atoms with Crippen molar-refractivity contribution in [3.8, 4) is 0 Å². The van der Waals surface area contributed by atoms with E-state index in [9.17, 15) is 4.79 Å². The number of benzene rings is 1. The third-order valence-electron chi connectivity index (χ3n) is 3.44. The molecule has 0 spiro atoms. The highest BCUT2D eigenvalue weighted by atomic mass is 16.5. The zero-order chi connectivity index (χ0) is 13.0. The third-order valence-corrected chi connectivity index (χ3v) is 3.44. The number of nitrogens with one attached hydrogen (secondary N) is 1. The molecule has 0 amide bonds. The molecule has 1 aromatic carbocycles. The molecule has 1 aliphatic rings. The van der Waals surface area contributed by atoms with Gasteiger partial charge in [-0.05, 0) is 37.0 Å². The van der Waals surface area contributed by atoms with Crippen molar-refractivity contribution in [2.24, 2.45) is 0 Å². The number of carbonyl (C=O) groups is 1. The van der Waals surface area contributed by atoms with E-state index >= 15 is 0 Å². The first kappa shape index (κ1) is 12.8. The minimum atomic E-state index is -0.290. The molecule has 0 unspecified atom stereocenters. The first-order chi connectivity index (χ1) is 8.74. The Labute approximate surface area is 108 Å². The molecule has 2 atom stereocenters. The monoisotopic (exact) mass is 245 g/mol. The topological polar surface area (TPSA) is 38.3 Å². The fourth-order valence-corrected chi connectivity index (χ4v) is 2.39. The summed E-state index contributed by atoms with van der Waals surface area (Å²) in [7, 11) is 1.40. The van der Waals surface area contributed by atoms with Crippen LogP contribution < -0.4 is 5.32 Å². The Morgan fingerprint density at radius 3 is 2.72 bits per heavy atom. The first-order valence-corrected chi connectivity index (χ1v) is 6.31. The predicted octanol–water partition coefficient (Wildman–Crippen LogP) is 2.84. The summed E-state index contributed by atoms with van der Waals surface area (Å²) in [5.41, 5.74) is 1.81. The predicted molar refractivity (Wildman–Crippen MR) is 71.5 cm³/mol. The van der Waals surface area contributed by atoms with Crippen molar-refractivity contribution in [1.29, 1.82) is 0 Å². The van der Waals surface area contributed by atoms with Gasteiger partial charge in [0.1, 0.15) is 0 Å². The van der Waals surface area contributed by atoms with E-state index in [1.807, 2.05) is 30.3 Å². The van der Waals surface area contributed by atoms with Crippen LogP contribution in [0.15, 0.2) is 36.9 Å². The van der Waals surface area contributed by atoms with Gasteiger partial charge in [-0.2, -0.15) is 0 Å². The normalized spacial score (nSPS) is 23.4. The lowest BCUT2D eigenvalue weighted by molar-refractivity contribution is 0.0600. The van der Waals surface area contributed by atoms with E-state index < -0.39 is 0 Å². The van der Waals surface area contributed by atoms with E-state index in [0.717, 1.165) is 12.8 Å². The minimum absolute atomic E-state index is 0.290. The summed E-state index contributed by atoms with van der Waals surface area (Å²) in [6.07, 6.45) is 5.45. The highest BCUT2D eigenvalue weighted by molar-refractivity contribution is 5.89. The molecule has 1 heterocycles. The van der Waals surface area contributed by atoms with E-state index in [1.54, 1.807) is 0 Å². The lowest BCUT2D eigenvalue weighted by Gasteiger charge is -2.29. The van der Waals surface area contributed by atoms with Gasteiger partial charge in [-0.3, -0.25) is 0 Å². The zero-order valence-corrected chi connectivity index (χ0v) is 10.7. The standard InChI is InChI=1S/C15H19NO2/c1-3-13-5-4-6-14(16-13)11-7-9-12(10-8-11)15(17)18-2/h3,7-10,13-14,16H,1,4-6H2,2H3/t13-,14-/m1/s1. The van der Waals surface area contributed by atoms with E-state index in [-0.39, 0.29) is 5.97 Å². The van der Waals surface area contributed by atoms with E-state index in [2.05, 4.69) is 16.6 Å². The van der Waals surface area contributed by atoms with E-state index in [4.69, 9.17) is 0 Å². The molecule has 1 aliphatic heterocycles. The molecular formula is C15H19NO2. The number of hydrogen-bond donors (Lipinski definition) is 1. The summed E-state index contributed by atoms with van der Waals surface area (Å²) < 4.78 is 4.69. The van der Waals surface area contributed by atoms with Crippen molar-refractivity contribution >= 4 is 5.97 Å². The van der Waals surface area contributed by atoms with Crippen molar-refractivity contribution in [2.45, 2.75) is 31.3 Å². The van der Waals surface area contributed by atoms with Gasteiger partial charge in [-0.1, -0.05) is 18.2 Å². The van der Waals surface area contributed by atoms with Crippen LogP contribution >= 0.6 is 0 Å². The second-order valence-electron chi connectivity index (χ2n) is 4.61. The summed E-state index contributed by atoms with van der Waals surface area (Å²) in [4.78, 5) is 11.3. The van der Waals surface area contributed by atoms with Crippen LogP contribution in [-0.4, -0.2) is 19.1 Å². The second-order valence-corrected chi connectivity index (χ2v) is 4.61. The summed E-state index contributed by atoms with van der Waals surface area (Å²) >= 11 is 0. The maximum atomic E-state index is 11.3. The molecule has 2 rings (SSSR count). The Kier molecular flexibility index (Phi) is 4.15. The molecule has 1 saturated heterocycles. The van der Waals surface area contributed by atoms with Gasteiger partial charge in [0.25, 0.3) is 0 Å². The maximum Gasteiger partial charge on any atom is 0.337 e. The van der Waals surface area contributed by atoms with Crippen LogP contribution in [0.3, 0.4) is 0 Å². The van der Waals surface area contributed by atoms with Crippen LogP contribution in [0.4, 0.5) is 0 Å². The van der Waals surface area contributed by atoms with Gasteiger partial charge in [-0.15, -0.1) is 6.58 Å². The van der Waals surface area contributed by atoms with Gasteiger partial charge in [0.2, 0.25) is 0 Å². The number of rotatable bonds is 3. The molecule has 1 N–H and O–H groups in total. The fourth-order valence-electron chi connectivity index (χ4n) is 2.39. The Balaban J connectivity index is 2.09. The molecule has 3 nitrogen and oxygen atoms in total. The highest BCUT2D eigenvalue weighted by Gasteiger charge is 2.20. The van der Waals surface area contributed by atoms with Gasteiger partial charge >= 0.3 is 5.97 Å². The minimum Gasteiger partial charge on any atom is -0.465 e. The quantitative estimate of drug-likeness (QED) is 0.657. The highest BCUT2D eigenvalue weighted by Crippen LogP contribution is 2.26. The average Bonchev–Trinajstić information content (AvgIpc) is 2.46. The number of esters is 1. The van der Waals surface area contributed by atoms with Crippen molar-refractivity contribution in [2.75, 3.05) is 7.11 Å². The zero-order valence-electron chi connectivity index (χ0n) is 10.7. The molecule has 96 valence electrons. The van der Waals surface area contributed by atoms with Crippen LogP contribution in [0.1, 0.15) is 41.2 Å². The summed E-state index contributed by atoms with van der Waals surface area (Å²) in [5, 5.41) is 3.55. The van der Waals surface area contributed by atoms with Crippen molar-refractivity contribution in [3.05, 3.63) is 48.0 Å². The average molecular weight is 245 g/mol. The van der Waals surface area contributed by atoms with Gasteiger partial charge in [0, 0.05) is 12.1 Å².